The van der Waals surface area contributed by atoms with E-state index in [0.717, 1.165) is 42.3 Å². The Kier molecular flexibility index (Phi) is 4.27. The van der Waals surface area contributed by atoms with Crippen molar-refractivity contribution in [3.63, 3.8) is 0 Å². The molecule has 0 bridgehead atoms. The minimum absolute atomic E-state index is 0.444. The van der Waals surface area contributed by atoms with Gasteiger partial charge in [-0.05, 0) is 43.4 Å². The number of aromatic nitrogens is 2. The minimum atomic E-state index is 0.444. The number of hydrogen-bond donors (Lipinski definition) is 0. The number of fused-ring (bicyclic) bond motifs is 1. The zero-order valence-electron chi connectivity index (χ0n) is 13.4. The lowest BCUT2D eigenvalue weighted by Crippen LogP contribution is -2.24. The highest BCUT2D eigenvalue weighted by Gasteiger charge is 2.24. The highest BCUT2D eigenvalue weighted by molar-refractivity contribution is 5.47. The third-order valence-electron chi connectivity index (χ3n) is 4.19. The van der Waals surface area contributed by atoms with Crippen LogP contribution in [0.5, 0.6) is 11.5 Å². The number of para-hydroxylation sites is 1. The first-order valence-electron chi connectivity index (χ1n) is 7.81. The van der Waals surface area contributed by atoms with Crippen LogP contribution >= 0.6 is 0 Å². The second-order valence-electron chi connectivity index (χ2n) is 5.78. The van der Waals surface area contributed by atoms with Gasteiger partial charge < -0.3 is 9.47 Å². The Bertz CT molecular complexity index is 670. The van der Waals surface area contributed by atoms with E-state index < -0.39 is 0 Å². The molecule has 4 nitrogen and oxygen atoms in total. The van der Waals surface area contributed by atoms with Crippen molar-refractivity contribution in [1.29, 1.82) is 0 Å². The Morgan fingerprint density at radius 1 is 1.36 bits per heavy atom. The van der Waals surface area contributed by atoms with Crippen LogP contribution in [0.2, 0.25) is 0 Å². The van der Waals surface area contributed by atoms with Gasteiger partial charge in [0, 0.05) is 17.8 Å². The molecule has 0 N–H and O–H groups in total. The van der Waals surface area contributed by atoms with Crippen LogP contribution in [0.4, 0.5) is 0 Å². The molecule has 1 aromatic carbocycles. The van der Waals surface area contributed by atoms with Crippen molar-refractivity contribution in [2.75, 3.05) is 13.7 Å². The number of hydrogen-bond acceptors (Lipinski definition) is 4. The quantitative estimate of drug-likeness (QED) is 0.870. The Morgan fingerprint density at radius 2 is 2.23 bits per heavy atom. The second kappa shape index (κ2) is 6.34. The Hall–Kier alpha value is -2.10. The number of nitrogens with zero attached hydrogens (tertiary/aromatic N) is 2. The van der Waals surface area contributed by atoms with E-state index in [1.54, 1.807) is 7.11 Å². The van der Waals surface area contributed by atoms with Gasteiger partial charge in [0.1, 0.15) is 5.82 Å². The van der Waals surface area contributed by atoms with Crippen LogP contribution in [-0.4, -0.2) is 23.7 Å². The van der Waals surface area contributed by atoms with Crippen molar-refractivity contribution in [3.8, 4) is 11.5 Å². The molecule has 0 saturated carbocycles. The molecule has 4 heteroatoms. The van der Waals surface area contributed by atoms with Crippen LogP contribution < -0.4 is 9.47 Å². The fraction of sp³-hybridized carbons (Fsp3) is 0.444. The molecule has 0 amide bonds. The molecule has 22 heavy (non-hydrogen) atoms. The summed E-state index contributed by atoms with van der Waals surface area (Å²) < 4.78 is 11.3. The molecular weight excluding hydrogens is 276 g/mol. The number of methoxy groups -OCH3 is 1. The van der Waals surface area contributed by atoms with Gasteiger partial charge in [0.05, 0.1) is 13.7 Å². The average Bonchev–Trinajstić information content (AvgIpc) is 2.54. The molecule has 116 valence electrons. The zero-order valence-corrected chi connectivity index (χ0v) is 13.4. The van der Waals surface area contributed by atoms with Gasteiger partial charge in [-0.1, -0.05) is 19.1 Å². The minimum Gasteiger partial charge on any atom is -0.493 e. The Morgan fingerprint density at radius 3 is 3.00 bits per heavy atom. The van der Waals surface area contributed by atoms with Crippen LogP contribution in [-0.2, 0) is 19.3 Å². The van der Waals surface area contributed by atoms with Crippen molar-refractivity contribution in [2.24, 2.45) is 5.92 Å². The highest BCUT2D eigenvalue weighted by atomic mass is 16.5. The van der Waals surface area contributed by atoms with E-state index in [-0.39, 0.29) is 0 Å². The molecule has 2 aromatic rings. The van der Waals surface area contributed by atoms with Crippen molar-refractivity contribution in [2.45, 2.75) is 33.1 Å². The molecule has 1 aromatic heterocycles. The zero-order chi connectivity index (χ0) is 15.5. The van der Waals surface area contributed by atoms with Gasteiger partial charge in [-0.15, -0.1) is 0 Å². The summed E-state index contributed by atoms with van der Waals surface area (Å²) in [6.45, 7) is 4.80. The van der Waals surface area contributed by atoms with E-state index in [9.17, 15) is 0 Å². The monoisotopic (exact) mass is 298 g/mol. The molecule has 0 unspecified atom stereocenters. The average molecular weight is 298 g/mol. The highest BCUT2D eigenvalue weighted by Crippen LogP contribution is 2.36. The molecule has 3 rings (SSSR count). The molecule has 0 fully saturated rings. The molecule has 2 heterocycles. The van der Waals surface area contributed by atoms with Crippen molar-refractivity contribution < 1.29 is 9.47 Å². The van der Waals surface area contributed by atoms with Gasteiger partial charge in [-0.2, -0.15) is 0 Å². The number of rotatable bonds is 4. The molecule has 1 aliphatic rings. The summed E-state index contributed by atoms with van der Waals surface area (Å²) in [5.41, 5.74) is 3.62. The second-order valence-corrected chi connectivity index (χ2v) is 5.78. The molecule has 0 radical (unpaired) electrons. The van der Waals surface area contributed by atoms with Crippen LogP contribution in [0, 0.1) is 12.8 Å². The first-order valence-corrected chi connectivity index (χ1v) is 7.81. The largest absolute Gasteiger partial charge is 0.493 e. The summed E-state index contributed by atoms with van der Waals surface area (Å²) in [6, 6.07) is 6.09. The molecule has 0 spiro atoms. The molecule has 0 aliphatic carbocycles. The lowest BCUT2D eigenvalue weighted by molar-refractivity contribution is 0.210. The number of aryl methyl sites for hydroxylation is 2. The first-order chi connectivity index (χ1) is 10.7. The molecular formula is C18H22N2O2. The van der Waals surface area contributed by atoms with Crippen molar-refractivity contribution in [1.82, 2.24) is 9.97 Å². The molecule has 0 saturated heterocycles. The number of benzene rings is 1. The van der Waals surface area contributed by atoms with Gasteiger partial charge in [0.25, 0.3) is 0 Å². The Balaban J connectivity index is 1.80. The predicted octanol–water partition coefficient (Wildman–Crippen LogP) is 3.15. The van der Waals surface area contributed by atoms with Crippen molar-refractivity contribution >= 4 is 0 Å². The van der Waals surface area contributed by atoms with Gasteiger partial charge in [0.2, 0.25) is 0 Å². The van der Waals surface area contributed by atoms with Crippen LogP contribution in [0.3, 0.4) is 0 Å². The fourth-order valence-corrected chi connectivity index (χ4v) is 3.04. The summed E-state index contributed by atoms with van der Waals surface area (Å²) in [5.74, 6) is 3.00. The standard InChI is InChI=1S/C18H22N2O2/c1-4-14-10-19-12(2)20-16(14)9-13-8-15-6-5-7-17(21-3)18(15)22-11-13/h5-7,10,13H,4,8-9,11H2,1-3H3/t13-/m0/s1. The van der Waals surface area contributed by atoms with E-state index in [1.807, 2.05) is 25.3 Å². The summed E-state index contributed by atoms with van der Waals surface area (Å²) in [4.78, 5) is 8.94. The normalized spacial score (nSPS) is 16.8. The smallest absolute Gasteiger partial charge is 0.164 e. The van der Waals surface area contributed by atoms with Gasteiger partial charge >= 0.3 is 0 Å². The van der Waals surface area contributed by atoms with E-state index >= 15 is 0 Å². The maximum atomic E-state index is 5.97. The summed E-state index contributed by atoms with van der Waals surface area (Å²) in [6.07, 6.45) is 4.86. The van der Waals surface area contributed by atoms with E-state index in [2.05, 4.69) is 23.0 Å². The SMILES string of the molecule is CCc1cnc(C)nc1C[C@H]1COc2c(cccc2OC)C1. The van der Waals surface area contributed by atoms with Crippen LogP contribution in [0.1, 0.15) is 29.6 Å². The van der Waals surface area contributed by atoms with Gasteiger partial charge in [-0.3, -0.25) is 0 Å². The van der Waals surface area contributed by atoms with E-state index in [1.165, 1.54) is 11.1 Å². The predicted molar refractivity (Wildman–Crippen MR) is 85.5 cm³/mol. The van der Waals surface area contributed by atoms with Gasteiger partial charge in [-0.25, -0.2) is 9.97 Å². The maximum Gasteiger partial charge on any atom is 0.164 e. The maximum absolute atomic E-state index is 5.97. The third kappa shape index (κ3) is 2.91. The summed E-state index contributed by atoms with van der Waals surface area (Å²) in [7, 11) is 1.68. The lowest BCUT2D eigenvalue weighted by Gasteiger charge is -2.26. The van der Waals surface area contributed by atoms with E-state index in [4.69, 9.17) is 9.47 Å². The fourth-order valence-electron chi connectivity index (χ4n) is 3.04. The van der Waals surface area contributed by atoms with Crippen molar-refractivity contribution in [3.05, 3.63) is 47.0 Å². The molecule has 1 atom stereocenters. The number of ether oxygens (including phenoxy) is 2. The van der Waals surface area contributed by atoms with Crippen LogP contribution in [0.15, 0.2) is 24.4 Å². The van der Waals surface area contributed by atoms with Crippen LogP contribution in [0.25, 0.3) is 0 Å². The first kappa shape index (κ1) is 14.8. The lowest BCUT2D eigenvalue weighted by atomic mass is 9.91. The molecule has 1 aliphatic heterocycles. The topological polar surface area (TPSA) is 44.2 Å². The third-order valence-corrected chi connectivity index (χ3v) is 4.19. The summed E-state index contributed by atoms with van der Waals surface area (Å²) in [5, 5.41) is 0. The summed E-state index contributed by atoms with van der Waals surface area (Å²) >= 11 is 0. The van der Waals surface area contributed by atoms with E-state index in [0.29, 0.717) is 12.5 Å². The van der Waals surface area contributed by atoms with Gasteiger partial charge in [0.15, 0.2) is 11.5 Å². The Labute approximate surface area is 131 Å².